The Morgan fingerprint density at radius 1 is 1.00 bits per heavy atom. The third kappa shape index (κ3) is 6.09. The lowest BCUT2D eigenvalue weighted by Gasteiger charge is -2.13. The van der Waals surface area contributed by atoms with Gasteiger partial charge in [-0.3, -0.25) is 4.98 Å². The van der Waals surface area contributed by atoms with Gasteiger partial charge < -0.3 is 10.1 Å². The van der Waals surface area contributed by atoms with E-state index in [-0.39, 0.29) is 18.2 Å². The molecule has 2 aromatic carbocycles. The Balaban J connectivity index is 0.00000243. The van der Waals surface area contributed by atoms with Crippen LogP contribution in [0.1, 0.15) is 16.7 Å². The molecule has 3 nitrogen and oxygen atoms in total. The van der Waals surface area contributed by atoms with Crippen molar-refractivity contribution < 1.29 is 9.13 Å². The Hall–Kier alpha value is -1.95. The summed E-state index contributed by atoms with van der Waals surface area (Å²) in [6.07, 6.45) is 3.61. The van der Waals surface area contributed by atoms with Crippen molar-refractivity contribution in [3.8, 4) is 5.75 Å². The first-order valence-electron chi connectivity index (χ1n) is 7.96. The molecule has 0 spiro atoms. The van der Waals surface area contributed by atoms with E-state index in [0.29, 0.717) is 13.2 Å². The van der Waals surface area contributed by atoms with Crippen LogP contribution in [0.2, 0.25) is 0 Å². The van der Waals surface area contributed by atoms with Crippen LogP contribution >= 0.6 is 28.3 Å². The maximum atomic E-state index is 13.0. The predicted octanol–water partition coefficient (Wildman–Crippen LogP) is 5.27. The molecule has 6 heteroatoms. The number of hydrogen-bond acceptors (Lipinski definition) is 3. The Kier molecular flexibility index (Phi) is 8.04. The van der Waals surface area contributed by atoms with Gasteiger partial charge in [0.2, 0.25) is 0 Å². The first kappa shape index (κ1) is 20.4. The fourth-order valence-electron chi connectivity index (χ4n) is 2.41. The SMILES string of the molecule is Cl.Fc1ccc(COc2ccc(Br)cc2CNCc2cccnc2)cc1. The molecule has 0 amide bonds. The molecule has 0 atom stereocenters. The number of aromatic nitrogens is 1. The summed E-state index contributed by atoms with van der Waals surface area (Å²) >= 11 is 3.50. The fourth-order valence-corrected chi connectivity index (χ4v) is 2.82. The third-order valence-corrected chi connectivity index (χ3v) is 4.19. The van der Waals surface area contributed by atoms with Crippen molar-refractivity contribution in [3.63, 3.8) is 0 Å². The van der Waals surface area contributed by atoms with E-state index in [1.54, 1.807) is 18.3 Å². The lowest BCUT2D eigenvalue weighted by Crippen LogP contribution is -2.13. The van der Waals surface area contributed by atoms with Gasteiger partial charge in [-0.2, -0.15) is 0 Å². The summed E-state index contributed by atoms with van der Waals surface area (Å²) in [5, 5.41) is 3.40. The number of nitrogens with one attached hydrogen (secondary N) is 1. The van der Waals surface area contributed by atoms with Crippen molar-refractivity contribution >= 4 is 28.3 Å². The Bertz CT molecular complexity index is 816. The zero-order valence-corrected chi connectivity index (χ0v) is 16.4. The van der Waals surface area contributed by atoms with Crippen LogP contribution in [0.15, 0.2) is 71.5 Å². The molecule has 1 N–H and O–H groups in total. The summed E-state index contributed by atoms with van der Waals surface area (Å²) in [6.45, 7) is 1.81. The van der Waals surface area contributed by atoms with Gasteiger partial charge in [0, 0.05) is 35.5 Å². The van der Waals surface area contributed by atoms with Crippen LogP contribution in [0.4, 0.5) is 4.39 Å². The standard InChI is InChI=1S/C20H18BrFN2O.ClH/c21-18-5-8-20(25-14-15-3-6-19(22)7-4-15)17(10-18)13-24-12-16-2-1-9-23-11-16;/h1-11,24H,12-14H2;1H. The number of rotatable bonds is 7. The van der Waals surface area contributed by atoms with Gasteiger partial charge >= 0.3 is 0 Å². The molecular formula is C20H19BrClFN2O. The van der Waals surface area contributed by atoms with Crippen molar-refractivity contribution in [2.75, 3.05) is 0 Å². The first-order chi connectivity index (χ1) is 12.2. The van der Waals surface area contributed by atoms with Gasteiger partial charge in [-0.1, -0.05) is 34.1 Å². The van der Waals surface area contributed by atoms with Crippen molar-refractivity contribution in [1.82, 2.24) is 10.3 Å². The van der Waals surface area contributed by atoms with E-state index in [2.05, 4.69) is 26.2 Å². The molecule has 1 heterocycles. The molecule has 0 aliphatic heterocycles. The smallest absolute Gasteiger partial charge is 0.124 e. The van der Waals surface area contributed by atoms with Gasteiger partial charge in [-0.25, -0.2) is 4.39 Å². The van der Waals surface area contributed by atoms with Crippen molar-refractivity contribution in [3.05, 3.63) is 94.0 Å². The molecule has 3 rings (SSSR count). The van der Waals surface area contributed by atoms with Gasteiger partial charge in [0.15, 0.2) is 0 Å². The van der Waals surface area contributed by atoms with E-state index >= 15 is 0 Å². The van der Waals surface area contributed by atoms with Crippen LogP contribution in [0.25, 0.3) is 0 Å². The van der Waals surface area contributed by atoms with Crippen LogP contribution in [0.5, 0.6) is 5.75 Å². The Morgan fingerprint density at radius 3 is 2.54 bits per heavy atom. The summed E-state index contributed by atoms with van der Waals surface area (Å²) in [6, 6.07) is 16.2. The van der Waals surface area contributed by atoms with Crippen LogP contribution in [0, 0.1) is 5.82 Å². The minimum Gasteiger partial charge on any atom is -0.489 e. The minimum atomic E-state index is -0.243. The molecule has 3 aromatic rings. The van der Waals surface area contributed by atoms with Crippen LogP contribution in [-0.2, 0) is 19.7 Å². The number of nitrogens with zero attached hydrogens (tertiary/aromatic N) is 1. The highest BCUT2D eigenvalue weighted by Crippen LogP contribution is 2.24. The number of ether oxygens (including phenoxy) is 1. The van der Waals surface area contributed by atoms with Gasteiger partial charge in [0.1, 0.15) is 18.2 Å². The highest BCUT2D eigenvalue weighted by molar-refractivity contribution is 9.10. The van der Waals surface area contributed by atoms with E-state index in [4.69, 9.17) is 4.74 Å². The quantitative estimate of drug-likeness (QED) is 0.546. The molecule has 0 saturated carbocycles. The molecule has 0 unspecified atom stereocenters. The van der Waals surface area contributed by atoms with Gasteiger partial charge in [0.05, 0.1) is 0 Å². The summed E-state index contributed by atoms with van der Waals surface area (Å²) in [4.78, 5) is 4.11. The van der Waals surface area contributed by atoms with Crippen LogP contribution < -0.4 is 10.1 Å². The molecule has 0 fully saturated rings. The summed E-state index contributed by atoms with van der Waals surface area (Å²) < 4.78 is 19.9. The topological polar surface area (TPSA) is 34.1 Å². The summed E-state index contributed by atoms with van der Waals surface area (Å²) in [5.41, 5.74) is 3.12. The molecule has 0 saturated heterocycles. The highest BCUT2D eigenvalue weighted by Gasteiger charge is 2.06. The van der Waals surface area contributed by atoms with Crippen LogP contribution in [-0.4, -0.2) is 4.98 Å². The van der Waals surface area contributed by atoms with E-state index < -0.39 is 0 Å². The number of benzene rings is 2. The second kappa shape index (κ2) is 10.3. The Morgan fingerprint density at radius 2 is 1.81 bits per heavy atom. The molecule has 136 valence electrons. The lowest BCUT2D eigenvalue weighted by molar-refractivity contribution is 0.302. The summed E-state index contributed by atoms with van der Waals surface area (Å²) in [7, 11) is 0. The molecule has 0 bridgehead atoms. The monoisotopic (exact) mass is 436 g/mol. The van der Waals surface area contributed by atoms with Gasteiger partial charge in [-0.05, 0) is 47.5 Å². The zero-order valence-electron chi connectivity index (χ0n) is 14.0. The van der Waals surface area contributed by atoms with Crippen molar-refractivity contribution in [2.24, 2.45) is 0 Å². The predicted molar refractivity (Wildman–Crippen MR) is 107 cm³/mol. The average molecular weight is 438 g/mol. The Labute approximate surface area is 167 Å². The second-order valence-corrected chi connectivity index (χ2v) is 6.55. The van der Waals surface area contributed by atoms with Gasteiger partial charge in [-0.15, -0.1) is 12.4 Å². The number of hydrogen-bond donors (Lipinski definition) is 1. The van der Waals surface area contributed by atoms with Crippen molar-refractivity contribution in [1.29, 1.82) is 0 Å². The number of pyridine rings is 1. The average Bonchev–Trinajstić information content (AvgIpc) is 2.63. The highest BCUT2D eigenvalue weighted by atomic mass is 79.9. The van der Waals surface area contributed by atoms with E-state index in [0.717, 1.165) is 33.5 Å². The molecule has 1 aromatic heterocycles. The van der Waals surface area contributed by atoms with Crippen molar-refractivity contribution in [2.45, 2.75) is 19.7 Å². The molecular weight excluding hydrogens is 419 g/mol. The maximum Gasteiger partial charge on any atom is 0.124 e. The first-order valence-corrected chi connectivity index (χ1v) is 8.75. The normalized spacial score (nSPS) is 10.2. The van der Waals surface area contributed by atoms with E-state index in [9.17, 15) is 4.39 Å². The van der Waals surface area contributed by atoms with Crippen LogP contribution in [0.3, 0.4) is 0 Å². The summed E-state index contributed by atoms with van der Waals surface area (Å²) in [5.74, 6) is 0.568. The van der Waals surface area contributed by atoms with E-state index in [1.807, 2.05) is 36.5 Å². The number of halogens is 3. The molecule has 0 aliphatic rings. The minimum absolute atomic E-state index is 0. The zero-order chi connectivity index (χ0) is 17.5. The molecule has 0 aliphatic carbocycles. The van der Waals surface area contributed by atoms with E-state index in [1.165, 1.54) is 12.1 Å². The molecule has 0 radical (unpaired) electrons. The maximum absolute atomic E-state index is 13.0. The lowest BCUT2D eigenvalue weighted by atomic mass is 10.2. The fraction of sp³-hybridized carbons (Fsp3) is 0.150. The van der Waals surface area contributed by atoms with Gasteiger partial charge in [0.25, 0.3) is 0 Å². The molecule has 26 heavy (non-hydrogen) atoms. The second-order valence-electron chi connectivity index (χ2n) is 5.63. The third-order valence-electron chi connectivity index (χ3n) is 3.70. The largest absolute Gasteiger partial charge is 0.489 e.